The van der Waals surface area contributed by atoms with Crippen molar-refractivity contribution in [3.8, 4) is 5.75 Å². The van der Waals surface area contributed by atoms with Crippen molar-refractivity contribution in [2.75, 3.05) is 22.5 Å². The summed E-state index contributed by atoms with van der Waals surface area (Å²) in [6.07, 6.45) is 2.63. The summed E-state index contributed by atoms with van der Waals surface area (Å²) in [4.78, 5) is 24.6. The zero-order valence-electron chi connectivity index (χ0n) is 22.7. The lowest BCUT2D eigenvalue weighted by Gasteiger charge is -2.22. The number of hydrazone groups is 1. The second-order valence-corrected chi connectivity index (χ2v) is 11.2. The molecule has 0 spiro atoms. The Morgan fingerprint density at radius 2 is 1.54 bits per heavy atom. The second-order valence-electron chi connectivity index (χ2n) is 9.27. The highest BCUT2D eigenvalue weighted by Gasteiger charge is 2.18. The smallest absolute Gasteiger partial charge is 0.271 e. The first-order valence-electron chi connectivity index (χ1n) is 12.7. The first-order chi connectivity index (χ1) is 19.7. The van der Waals surface area contributed by atoms with Crippen LogP contribution < -0.4 is 19.8 Å². The van der Waals surface area contributed by atoms with Crippen LogP contribution in [0.2, 0.25) is 0 Å². The van der Waals surface area contributed by atoms with Crippen LogP contribution in [0.25, 0.3) is 0 Å². The zero-order chi connectivity index (χ0) is 29.2. The van der Waals surface area contributed by atoms with E-state index < -0.39 is 15.9 Å². The predicted octanol–water partition coefficient (Wildman–Crippen LogP) is 4.74. The fourth-order valence-electron chi connectivity index (χ4n) is 3.79. The van der Waals surface area contributed by atoms with Gasteiger partial charge in [-0.2, -0.15) is 5.10 Å². The average molecular weight is 571 g/mol. The summed E-state index contributed by atoms with van der Waals surface area (Å²) >= 11 is 0. The molecule has 4 aromatic carbocycles. The number of nitrogens with zero attached hydrogens (tertiary/aromatic N) is 2. The summed E-state index contributed by atoms with van der Waals surface area (Å²) in [5.74, 6) is -0.200. The van der Waals surface area contributed by atoms with Crippen LogP contribution in [0.15, 0.2) is 108 Å². The van der Waals surface area contributed by atoms with E-state index in [1.54, 1.807) is 60.7 Å². The molecule has 210 valence electrons. The Kier molecular flexibility index (Phi) is 9.49. The summed E-state index contributed by atoms with van der Waals surface area (Å²) in [5, 5.41) is 6.74. The summed E-state index contributed by atoms with van der Waals surface area (Å²) in [7, 11) is -3.55. The number of hydrogen-bond donors (Lipinski definition) is 2. The third kappa shape index (κ3) is 8.77. The van der Waals surface area contributed by atoms with Crippen LogP contribution in [0.1, 0.15) is 27.0 Å². The lowest BCUT2D eigenvalue weighted by Crippen LogP contribution is -2.29. The van der Waals surface area contributed by atoms with Crippen molar-refractivity contribution < 1.29 is 22.7 Å². The summed E-state index contributed by atoms with van der Waals surface area (Å²) in [5.41, 5.74) is 6.59. The number of ether oxygens (including phenoxy) is 1. The number of anilines is 2. The predicted molar refractivity (Wildman–Crippen MR) is 161 cm³/mol. The molecule has 9 nitrogen and oxygen atoms in total. The lowest BCUT2D eigenvalue weighted by molar-refractivity contribution is -0.118. The number of carbonyl (C=O) groups is 2. The summed E-state index contributed by atoms with van der Waals surface area (Å²) in [6, 6.07) is 29.9. The standard InChI is InChI=1S/C31H30N4O5S/c1-23-8-10-25(11-9-23)21-35(41(2,38)39)28-16-14-26(15-17-28)31(37)34-32-20-24-12-18-29(19-13-24)40-22-30(36)33-27-6-4-3-5-7-27/h3-20H,21-22H2,1-2H3,(H,33,36)(H,34,37)/b32-20-. The number of carbonyl (C=O) groups excluding carboxylic acids is 2. The van der Waals surface area contributed by atoms with Gasteiger partial charge >= 0.3 is 0 Å². The van der Waals surface area contributed by atoms with Gasteiger partial charge in [0, 0.05) is 11.3 Å². The lowest BCUT2D eigenvalue weighted by atomic mass is 10.1. The molecule has 4 aromatic rings. The zero-order valence-corrected chi connectivity index (χ0v) is 23.5. The molecule has 0 radical (unpaired) electrons. The van der Waals surface area contributed by atoms with Crippen molar-refractivity contribution in [3.05, 3.63) is 125 Å². The van der Waals surface area contributed by atoms with E-state index in [9.17, 15) is 18.0 Å². The molecular formula is C31H30N4O5S. The normalized spacial score (nSPS) is 11.2. The van der Waals surface area contributed by atoms with Crippen LogP contribution in [0.5, 0.6) is 5.75 Å². The molecule has 0 saturated heterocycles. The van der Waals surface area contributed by atoms with E-state index in [0.29, 0.717) is 28.3 Å². The van der Waals surface area contributed by atoms with E-state index in [1.165, 1.54) is 10.5 Å². The molecular weight excluding hydrogens is 540 g/mol. The largest absolute Gasteiger partial charge is 0.484 e. The van der Waals surface area contributed by atoms with Crippen molar-refractivity contribution in [1.82, 2.24) is 5.43 Å². The molecule has 10 heteroatoms. The molecule has 0 fully saturated rings. The van der Waals surface area contributed by atoms with Gasteiger partial charge in [0.2, 0.25) is 10.0 Å². The Morgan fingerprint density at radius 1 is 0.878 bits per heavy atom. The van der Waals surface area contributed by atoms with Gasteiger partial charge in [-0.3, -0.25) is 13.9 Å². The number of nitrogens with one attached hydrogen (secondary N) is 2. The molecule has 2 N–H and O–H groups in total. The third-order valence-electron chi connectivity index (χ3n) is 5.95. The second kappa shape index (κ2) is 13.4. The maximum atomic E-state index is 12.6. The molecule has 0 aliphatic rings. The van der Waals surface area contributed by atoms with Gasteiger partial charge in [-0.1, -0.05) is 48.0 Å². The van der Waals surface area contributed by atoms with Crippen molar-refractivity contribution in [3.63, 3.8) is 0 Å². The van der Waals surface area contributed by atoms with Gasteiger partial charge in [-0.25, -0.2) is 13.8 Å². The number of rotatable bonds is 11. The van der Waals surface area contributed by atoms with Gasteiger partial charge in [0.05, 0.1) is 24.7 Å². The van der Waals surface area contributed by atoms with Crippen LogP contribution in [-0.4, -0.2) is 39.3 Å². The van der Waals surface area contributed by atoms with Crippen molar-refractivity contribution >= 4 is 39.4 Å². The molecule has 4 rings (SSSR count). The maximum absolute atomic E-state index is 12.6. The van der Waals surface area contributed by atoms with E-state index in [4.69, 9.17) is 4.74 Å². The molecule has 0 heterocycles. The highest BCUT2D eigenvalue weighted by Crippen LogP contribution is 2.21. The number of hydrogen-bond acceptors (Lipinski definition) is 6. The Hall–Kier alpha value is -4.96. The Bertz CT molecular complexity index is 1600. The number of benzene rings is 4. The monoisotopic (exact) mass is 570 g/mol. The van der Waals surface area contributed by atoms with E-state index in [-0.39, 0.29) is 19.1 Å². The molecule has 0 bridgehead atoms. The van der Waals surface area contributed by atoms with Crippen LogP contribution in [0.3, 0.4) is 0 Å². The van der Waals surface area contributed by atoms with Gasteiger partial charge in [0.1, 0.15) is 5.75 Å². The van der Waals surface area contributed by atoms with Gasteiger partial charge < -0.3 is 10.1 Å². The molecule has 0 unspecified atom stereocenters. The highest BCUT2D eigenvalue weighted by molar-refractivity contribution is 7.92. The fourth-order valence-corrected chi connectivity index (χ4v) is 4.67. The van der Waals surface area contributed by atoms with Crippen molar-refractivity contribution in [1.29, 1.82) is 0 Å². The summed E-state index contributed by atoms with van der Waals surface area (Å²) in [6.45, 7) is 2.01. The maximum Gasteiger partial charge on any atom is 0.271 e. The molecule has 0 saturated carbocycles. The van der Waals surface area contributed by atoms with Crippen LogP contribution in [-0.2, 0) is 21.4 Å². The Morgan fingerprint density at radius 3 is 2.17 bits per heavy atom. The van der Waals surface area contributed by atoms with Gasteiger partial charge in [-0.05, 0) is 78.7 Å². The quantitative estimate of drug-likeness (QED) is 0.200. The molecule has 0 aliphatic heterocycles. The van der Waals surface area contributed by atoms with Crippen LogP contribution in [0, 0.1) is 6.92 Å². The molecule has 0 aromatic heterocycles. The number of sulfonamides is 1. The number of aryl methyl sites for hydroxylation is 1. The van der Waals surface area contributed by atoms with Crippen LogP contribution in [0.4, 0.5) is 11.4 Å². The van der Waals surface area contributed by atoms with E-state index in [0.717, 1.165) is 17.4 Å². The number of amides is 2. The first kappa shape index (κ1) is 29.0. The van der Waals surface area contributed by atoms with Crippen molar-refractivity contribution in [2.24, 2.45) is 5.10 Å². The SMILES string of the molecule is Cc1ccc(CN(c2ccc(C(=O)N/N=C\c3ccc(OCC(=O)Nc4ccccc4)cc3)cc2)S(C)(=O)=O)cc1. The minimum absolute atomic E-state index is 0.134. The number of para-hydroxylation sites is 1. The van der Waals surface area contributed by atoms with Crippen molar-refractivity contribution in [2.45, 2.75) is 13.5 Å². The van der Waals surface area contributed by atoms with E-state index in [2.05, 4.69) is 15.8 Å². The Labute approximate surface area is 239 Å². The molecule has 2 amide bonds. The minimum atomic E-state index is -3.55. The topological polar surface area (TPSA) is 117 Å². The first-order valence-corrected chi connectivity index (χ1v) is 14.6. The Balaban J connectivity index is 1.29. The van der Waals surface area contributed by atoms with Gasteiger partial charge in [-0.15, -0.1) is 0 Å². The minimum Gasteiger partial charge on any atom is -0.484 e. The molecule has 0 aliphatic carbocycles. The third-order valence-corrected chi connectivity index (χ3v) is 7.09. The fraction of sp³-hybridized carbons (Fsp3) is 0.129. The van der Waals surface area contributed by atoms with E-state index in [1.807, 2.05) is 49.4 Å². The van der Waals surface area contributed by atoms with Gasteiger partial charge in [0.25, 0.3) is 11.8 Å². The highest BCUT2D eigenvalue weighted by atomic mass is 32.2. The van der Waals surface area contributed by atoms with Crippen LogP contribution >= 0.6 is 0 Å². The van der Waals surface area contributed by atoms with E-state index >= 15 is 0 Å². The summed E-state index contributed by atoms with van der Waals surface area (Å²) < 4.78 is 31.7. The van der Waals surface area contributed by atoms with Gasteiger partial charge in [0.15, 0.2) is 6.61 Å². The molecule has 0 atom stereocenters. The average Bonchev–Trinajstić information content (AvgIpc) is 2.96. The molecule has 41 heavy (non-hydrogen) atoms.